The van der Waals surface area contributed by atoms with E-state index in [1.165, 1.54) is 18.4 Å². The van der Waals surface area contributed by atoms with Gasteiger partial charge in [0.1, 0.15) is 5.75 Å². The molecule has 1 N–H and O–H groups in total. The fraction of sp³-hybridized carbons (Fsp3) is 0.556. The number of hydrogen-bond donors (Lipinski definition) is 1. The lowest BCUT2D eigenvalue weighted by atomic mass is 10.0. The third-order valence-electron chi connectivity index (χ3n) is 3.40. The van der Waals surface area contributed by atoms with Crippen molar-refractivity contribution in [1.29, 1.82) is 0 Å². The number of unbranched alkanes of at least 4 members (excludes halogenated alkanes) is 2. The Labute approximate surface area is 124 Å². The lowest BCUT2D eigenvalue weighted by molar-refractivity contribution is 0.309. The molecule has 20 heavy (non-hydrogen) atoms. The highest BCUT2D eigenvalue weighted by atomic mass is 16.5. The number of nitrogens with one attached hydrogen (secondary N) is 1. The molecule has 1 atom stereocenters. The van der Waals surface area contributed by atoms with Crippen LogP contribution >= 0.6 is 0 Å². The average molecular weight is 275 g/mol. The highest BCUT2D eigenvalue weighted by Gasteiger charge is 2.09. The van der Waals surface area contributed by atoms with Crippen LogP contribution in [0.4, 0.5) is 0 Å². The number of ether oxygens (including phenoxy) is 1. The van der Waals surface area contributed by atoms with E-state index in [-0.39, 0.29) is 0 Å². The van der Waals surface area contributed by atoms with Gasteiger partial charge in [-0.2, -0.15) is 0 Å². The van der Waals surface area contributed by atoms with Crippen LogP contribution in [-0.4, -0.2) is 13.2 Å². The molecule has 0 bridgehead atoms. The molecule has 0 aliphatic rings. The number of allylic oxidation sites excluding steroid dienone is 1. The fourth-order valence-electron chi connectivity index (χ4n) is 2.23. The van der Waals surface area contributed by atoms with E-state index in [4.69, 9.17) is 4.74 Å². The lowest BCUT2D eigenvalue weighted by Gasteiger charge is -2.18. The number of hydrogen-bond acceptors (Lipinski definition) is 2. The average Bonchev–Trinajstić information content (AvgIpc) is 2.48. The van der Waals surface area contributed by atoms with Crippen molar-refractivity contribution >= 4 is 0 Å². The summed E-state index contributed by atoms with van der Waals surface area (Å²) in [4.78, 5) is 0. The second kappa shape index (κ2) is 10.5. The Balaban J connectivity index is 2.55. The zero-order valence-corrected chi connectivity index (χ0v) is 13.0. The molecular weight excluding hydrogens is 246 g/mol. The van der Waals surface area contributed by atoms with Crippen LogP contribution in [0.3, 0.4) is 0 Å². The molecule has 1 aromatic rings. The summed E-state index contributed by atoms with van der Waals surface area (Å²) >= 11 is 0. The first-order valence-electron chi connectivity index (χ1n) is 7.88. The van der Waals surface area contributed by atoms with Crippen LogP contribution in [0.1, 0.15) is 57.6 Å². The van der Waals surface area contributed by atoms with E-state index in [1.54, 1.807) is 0 Å². The van der Waals surface area contributed by atoms with Gasteiger partial charge in [-0.05, 0) is 49.9 Å². The van der Waals surface area contributed by atoms with Crippen LogP contribution in [0.2, 0.25) is 0 Å². The molecule has 0 fully saturated rings. The van der Waals surface area contributed by atoms with Crippen LogP contribution in [0, 0.1) is 0 Å². The summed E-state index contributed by atoms with van der Waals surface area (Å²) in [5, 5.41) is 3.55. The van der Waals surface area contributed by atoms with Crippen molar-refractivity contribution < 1.29 is 4.74 Å². The van der Waals surface area contributed by atoms with E-state index in [1.807, 2.05) is 6.08 Å². The molecule has 0 saturated carbocycles. The summed E-state index contributed by atoms with van der Waals surface area (Å²) in [6.07, 6.45) is 7.69. The smallest absolute Gasteiger partial charge is 0.119 e. The van der Waals surface area contributed by atoms with Crippen molar-refractivity contribution in [1.82, 2.24) is 5.32 Å². The van der Waals surface area contributed by atoms with Gasteiger partial charge >= 0.3 is 0 Å². The van der Waals surface area contributed by atoms with E-state index >= 15 is 0 Å². The molecule has 0 aliphatic carbocycles. The molecule has 0 aromatic heterocycles. The predicted octanol–water partition coefficient (Wildman–Crippen LogP) is 4.87. The van der Waals surface area contributed by atoms with Crippen molar-refractivity contribution in [2.75, 3.05) is 13.2 Å². The summed E-state index contributed by atoms with van der Waals surface area (Å²) in [5.74, 6) is 0.975. The summed E-state index contributed by atoms with van der Waals surface area (Å²) in [7, 11) is 0. The first-order chi connectivity index (χ1) is 9.81. The molecule has 0 saturated heterocycles. The second-order valence-electron chi connectivity index (χ2n) is 5.10. The lowest BCUT2D eigenvalue weighted by Crippen LogP contribution is -2.20. The van der Waals surface area contributed by atoms with Gasteiger partial charge in [0.15, 0.2) is 0 Å². The van der Waals surface area contributed by atoms with Crippen molar-refractivity contribution in [3.8, 4) is 5.75 Å². The highest BCUT2D eigenvalue weighted by molar-refractivity contribution is 5.29. The molecule has 1 aromatic carbocycles. The molecule has 0 heterocycles. The van der Waals surface area contributed by atoms with Gasteiger partial charge in [-0.15, -0.1) is 6.58 Å². The topological polar surface area (TPSA) is 21.3 Å². The van der Waals surface area contributed by atoms with Gasteiger partial charge in [0.05, 0.1) is 6.61 Å². The molecule has 1 unspecified atom stereocenters. The Kier molecular flexibility index (Phi) is 8.81. The maximum absolute atomic E-state index is 5.71. The largest absolute Gasteiger partial charge is 0.494 e. The predicted molar refractivity (Wildman–Crippen MR) is 87.3 cm³/mol. The molecular formula is C18H29NO. The molecule has 0 spiro atoms. The molecule has 0 amide bonds. The van der Waals surface area contributed by atoms with E-state index in [0.29, 0.717) is 6.04 Å². The Morgan fingerprint density at radius 1 is 1.20 bits per heavy atom. The standard InChI is InChI=1S/C18H29NO/c1-4-7-9-10-18(19-6-3)16-11-13-17(14-12-16)20-15-8-5-2/h4,11-14,18-19H,1,5-10,15H2,2-3H3. The monoisotopic (exact) mass is 275 g/mol. The van der Waals surface area contributed by atoms with Gasteiger partial charge in [-0.3, -0.25) is 0 Å². The van der Waals surface area contributed by atoms with Crippen LogP contribution in [0.25, 0.3) is 0 Å². The Morgan fingerprint density at radius 3 is 2.55 bits per heavy atom. The summed E-state index contributed by atoms with van der Waals surface area (Å²) in [6.45, 7) is 9.92. The fourth-order valence-corrected chi connectivity index (χ4v) is 2.23. The summed E-state index contributed by atoms with van der Waals surface area (Å²) in [5.41, 5.74) is 1.35. The zero-order chi connectivity index (χ0) is 14.6. The third kappa shape index (κ3) is 6.25. The third-order valence-corrected chi connectivity index (χ3v) is 3.40. The number of rotatable bonds is 11. The van der Waals surface area contributed by atoms with Gasteiger partial charge in [-0.25, -0.2) is 0 Å². The molecule has 2 nitrogen and oxygen atoms in total. The second-order valence-corrected chi connectivity index (χ2v) is 5.10. The van der Waals surface area contributed by atoms with Gasteiger partial charge in [0, 0.05) is 6.04 Å². The minimum absolute atomic E-state index is 0.435. The van der Waals surface area contributed by atoms with E-state index in [2.05, 4.69) is 50.0 Å². The normalized spacial score (nSPS) is 12.1. The van der Waals surface area contributed by atoms with Gasteiger partial charge in [0.25, 0.3) is 0 Å². The van der Waals surface area contributed by atoms with E-state index in [9.17, 15) is 0 Å². The van der Waals surface area contributed by atoms with Crippen LogP contribution in [-0.2, 0) is 0 Å². The van der Waals surface area contributed by atoms with Crippen molar-refractivity contribution in [2.45, 2.75) is 52.0 Å². The van der Waals surface area contributed by atoms with E-state index in [0.717, 1.165) is 38.2 Å². The maximum atomic E-state index is 5.71. The molecule has 112 valence electrons. The highest BCUT2D eigenvalue weighted by Crippen LogP contribution is 2.22. The number of benzene rings is 1. The van der Waals surface area contributed by atoms with Gasteiger partial charge in [-0.1, -0.05) is 38.5 Å². The Morgan fingerprint density at radius 2 is 1.95 bits per heavy atom. The van der Waals surface area contributed by atoms with Crippen LogP contribution in [0.15, 0.2) is 36.9 Å². The SMILES string of the molecule is C=CCCCC(NCC)c1ccc(OCCCC)cc1. The first-order valence-corrected chi connectivity index (χ1v) is 7.88. The molecule has 2 heteroatoms. The van der Waals surface area contributed by atoms with Crippen LogP contribution < -0.4 is 10.1 Å². The van der Waals surface area contributed by atoms with Crippen molar-refractivity contribution in [2.24, 2.45) is 0 Å². The Bertz CT molecular complexity index is 358. The quantitative estimate of drug-likeness (QED) is 0.459. The minimum Gasteiger partial charge on any atom is -0.494 e. The minimum atomic E-state index is 0.435. The molecule has 0 radical (unpaired) electrons. The summed E-state index contributed by atoms with van der Waals surface area (Å²) in [6, 6.07) is 8.97. The maximum Gasteiger partial charge on any atom is 0.119 e. The van der Waals surface area contributed by atoms with Crippen molar-refractivity contribution in [3.63, 3.8) is 0 Å². The first kappa shape index (κ1) is 16.8. The van der Waals surface area contributed by atoms with Crippen molar-refractivity contribution in [3.05, 3.63) is 42.5 Å². The van der Waals surface area contributed by atoms with Crippen LogP contribution in [0.5, 0.6) is 5.75 Å². The Hall–Kier alpha value is -1.28. The molecule has 0 aliphatic heterocycles. The summed E-state index contributed by atoms with van der Waals surface area (Å²) < 4.78 is 5.71. The van der Waals surface area contributed by atoms with Gasteiger partial charge in [0.2, 0.25) is 0 Å². The van der Waals surface area contributed by atoms with E-state index < -0.39 is 0 Å². The molecule has 1 rings (SSSR count). The van der Waals surface area contributed by atoms with Gasteiger partial charge < -0.3 is 10.1 Å². The zero-order valence-electron chi connectivity index (χ0n) is 13.0.